The molecule has 0 fully saturated rings. The number of hydrogen-bond acceptors (Lipinski definition) is 4. The van der Waals surface area contributed by atoms with Crippen LogP contribution in [-0.4, -0.2) is 20.3 Å². The Bertz CT molecular complexity index is 1290. The Morgan fingerprint density at radius 2 is 2.18 bits per heavy atom. The number of nitrogens with one attached hydrogen (secondary N) is 1. The number of rotatable bonds is 3. The zero-order valence-electron chi connectivity index (χ0n) is 15.9. The first kappa shape index (κ1) is 17.4. The molecule has 1 atom stereocenters. The highest BCUT2D eigenvalue weighted by Gasteiger charge is 2.24. The van der Waals surface area contributed by atoms with Crippen LogP contribution in [0.25, 0.3) is 21.1 Å². The molecule has 0 radical (unpaired) electrons. The Balaban J connectivity index is 1.57. The summed E-state index contributed by atoms with van der Waals surface area (Å²) in [5.41, 5.74) is 3.48. The number of carbonyl (C=O) groups excluding carboxylic acids is 1. The summed E-state index contributed by atoms with van der Waals surface area (Å²) in [4.78, 5) is 36.1. The molecule has 4 aromatic rings. The largest absolute Gasteiger partial charge is 0.358 e. The fraction of sp³-hybridized carbons (Fsp3) is 0.318. The number of carbonyl (C=O) groups is 1. The van der Waals surface area contributed by atoms with Crippen molar-refractivity contribution < 1.29 is 4.79 Å². The fourth-order valence-corrected chi connectivity index (χ4v) is 5.69. The number of para-hydroxylation sites is 1. The summed E-state index contributed by atoms with van der Waals surface area (Å²) in [6.07, 6.45) is 4.56. The lowest BCUT2D eigenvalue weighted by atomic mass is 9.89. The SMILES string of the molecule is Cc1[nH]c2ccccc2c1C(=O)Cn1cnc2sc3c(c2c1=O)CC[C@@H](C)C3. The van der Waals surface area contributed by atoms with Gasteiger partial charge in [0.25, 0.3) is 5.56 Å². The van der Waals surface area contributed by atoms with Crippen LogP contribution in [-0.2, 0) is 19.4 Å². The highest BCUT2D eigenvalue weighted by atomic mass is 32.1. The quantitative estimate of drug-likeness (QED) is 0.531. The third-order valence-electron chi connectivity index (χ3n) is 5.77. The predicted molar refractivity (Wildman–Crippen MR) is 112 cm³/mol. The molecule has 0 aliphatic heterocycles. The molecule has 0 saturated heterocycles. The van der Waals surface area contributed by atoms with Gasteiger partial charge >= 0.3 is 0 Å². The van der Waals surface area contributed by atoms with Crippen LogP contribution in [0, 0.1) is 12.8 Å². The summed E-state index contributed by atoms with van der Waals surface area (Å²) in [6.45, 7) is 4.15. The monoisotopic (exact) mass is 391 g/mol. The van der Waals surface area contributed by atoms with E-state index in [9.17, 15) is 9.59 Å². The van der Waals surface area contributed by atoms with Crippen LogP contribution in [0.5, 0.6) is 0 Å². The van der Waals surface area contributed by atoms with Crippen molar-refractivity contribution >= 4 is 38.2 Å². The van der Waals surface area contributed by atoms with Gasteiger partial charge in [0.05, 0.1) is 18.3 Å². The highest BCUT2D eigenvalue weighted by Crippen LogP contribution is 2.35. The van der Waals surface area contributed by atoms with E-state index in [1.165, 1.54) is 15.8 Å². The van der Waals surface area contributed by atoms with Crippen molar-refractivity contribution in [2.45, 2.75) is 39.7 Å². The van der Waals surface area contributed by atoms with E-state index in [-0.39, 0.29) is 17.9 Å². The first-order chi connectivity index (χ1) is 13.5. The number of ketones is 1. The van der Waals surface area contributed by atoms with Crippen LogP contribution < -0.4 is 5.56 Å². The minimum atomic E-state index is -0.0945. The first-order valence-corrected chi connectivity index (χ1v) is 10.4. The summed E-state index contributed by atoms with van der Waals surface area (Å²) in [5.74, 6) is 0.574. The zero-order chi connectivity index (χ0) is 19.4. The maximum Gasteiger partial charge on any atom is 0.262 e. The Morgan fingerprint density at radius 3 is 3.04 bits per heavy atom. The van der Waals surface area contributed by atoms with Crippen molar-refractivity contribution in [2.24, 2.45) is 5.92 Å². The van der Waals surface area contributed by atoms with Crippen molar-refractivity contribution in [3.8, 4) is 0 Å². The minimum Gasteiger partial charge on any atom is -0.358 e. The second-order valence-electron chi connectivity index (χ2n) is 7.80. The van der Waals surface area contributed by atoms with Gasteiger partial charge in [-0.3, -0.25) is 14.2 Å². The second kappa shape index (κ2) is 6.41. The topological polar surface area (TPSA) is 67.8 Å². The number of H-pyrrole nitrogens is 1. The van der Waals surface area contributed by atoms with E-state index in [1.54, 1.807) is 11.3 Å². The molecule has 28 heavy (non-hydrogen) atoms. The molecule has 1 aliphatic carbocycles. The van der Waals surface area contributed by atoms with Crippen molar-refractivity contribution in [3.63, 3.8) is 0 Å². The molecule has 5 nitrogen and oxygen atoms in total. The summed E-state index contributed by atoms with van der Waals surface area (Å²) in [5, 5.41) is 1.62. The van der Waals surface area contributed by atoms with Gasteiger partial charge in [0.1, 0.15) is 4.83 Å². The van der Waals surface area contributed by atoms with Gasteiger partial charge in [0, 0.05) is 27.0 Å². The predicted octanol–water partition coefficient (Wildman–Crippen LogP) is 4.26. The van der Waals surface area contributed by atoms with Gasteiger partial charge in [-0.1, -0.05) is 25.1 Å². The Hall–Kier alpha value is -2.73. The zero-order valence-corrected chi connectivity index (χ0v) is 16.7. The molecule has 1 aliphatic rings. The second-order valence-corrected chi connectivity index (χ2v) is 8.89. The van der Waals surface area contributed by atoms with E-state index in [0.717, 1.165) is 51.6 Å². The van der Waals surface area contributed by atoms with Crippen LogP contribution in [0.1, 0.15) is 39.8 Å². The standard InChI is InChI=1S/C22H21N3O2S/c1-12-7-8-15-18(9-12)28-21-20(15)22(27)25(11-23-21)10-17(26)19-13(2)24-16-6-4-3-5-14(16)19/h3-6,11-12,24H,7-10H2,1-2H3/t12-/m1/s1. The number of Topliss-reactive ketones (excluding diaryl/α,β-unsaturated/α-hetero) is 1. The van der Waals surface area contributed by atoms with E-state index in [1.807, 2.05) is 31.2 Å². The molecule has 3 aromatic heterocycles. The van der Waals surface area contributed by atoms with E-state index < -0.39 is 0 Å². The number of thiophene rings is 1. The lowest BCUT2D eigenvalue weighted by Gasteiger charge is -2.17. The van der Waals surface area contributed by atoms with Crippen LogP contribution in [0.3, 0.4) is 0 Å². The van der Waals surface area contributed by atoms with E-state index >= 15 is 0 Å². The van der Waals surface area contributed by atoms with Crippen molar-refractivity contribution in [3.05, 3.63) is 62.6 Å². The summed E-state index contributed by atoms with van der Waals surface area (Å²) in [6, 6.07) is 7.75. The molecule has 6 heteroatoms. The highest BCUT2D eigenvalue weighted by molar-refractivity contribution is 7.18. The van der Waals surface area contributed by atoms with Gasteiger partial charge < -0.3 is 4.98 Å². The minimum absolute atomic E-state index is 0.00544. The van der Waals surface area contributed by atoms with Gasteiger partial charge in [0.2, 0.25) is 0 Å². The summed E-state index contributed by atoms with van der Waals surface area (Å²) < 4.78 is 1.47. The molecule has 5 rings (SSSR count). The molecule has 0 amide bonds. The lowest BCUT2D eigenvalue weighted by molar-refractivity contribution is 0.0971. The molecule has 1 aromatic carbocycles. The third-order valence-corrected chi connectivity index (χ3v) is 6.93. The molecule has 142 valence electrons. The number of aryl methyl sites for hydroxylation is 2. The van der Waals surface area contributed by atoms with Gasteiger partial charge in [-0.2, -0.15) is 0 Å². The normalized spacial score (nSPS) is 16.6. The maximum absolute atomic E-state index is 13.2. The van der Waals surface area contributed by atoms with Gasteiger partial charge in [-0.15, -0.1) is 11.3 Å². The number of nitrogens with zero attached hydrogens (tertiary/aromatic N) is 2. The lowest BCUT2D eigenvalue weighted by Crippen LogP contribution is -2.25. The van der Waals surface area contributed by atoms with Crippen LogP contribution in [0.15, 0.2) is 35.4 Å². The molecule has 0 unspecified atom stereocenters. The molecule has 0 saturated carbocycles. The molecule has 1 N–H and O–H groups in total. The van der Waals surface area contributed by atoms with Crippen molar-refractivity contribution in [2.75, 3.05) is 0 Å². The number of aromatic nitrogens is 3. The van der Waals surface area contributed by atoms with E-state index in [0.29, 0.717) is 11.5 Å². The van der Waals surface area contributed by atoms with Crippen molar-refractivity contribution in [1.29, 1.82) is 0 Å². The average Bonchev–Trinajstić information content (AvgIpc) is 3.20. The number of hydrogen-bond donors (Lipinski definition) is 1. The van der Waals surface area contributed by atoms with Gasteiger partial charge in [0.15, 0.2) is 5.78 Å². The van der Waals surface area contributed by atoms with Crippen molar-refractivity contribution in [1.82, 2.24) is 14.5 Å². The number of fused-ring (bicyclic) bond motifs is 4. The smallest absolute Gasteiger partial charge is 0.262 e. The maximum atomic E-state index is 13.2. The fourth-order valence-electron chi connectivity index (χ4n) is 4.35. The molecular weight excluding hydrogens is 370 g/mol. The molecule has 0 spiro atoms. The number of aromatic amines is 1. The van der Waals surface area contributed by atoms with E-state index in [4.69, 9.17) is 0 Å². The van der Waals surface area contributed by atoms with Crippen LogP contribution >= 0.6 is 11.3 Å². The Kier molecular flexibility index (Phi) is 3.98. The van der Waals surface area contributed by atoms with Crippen LogP contribution in [0.4, 0.5) is 0 Å². The van der Waals surface area contributed by atoms with Crippen LogP contribution in [0.2, 0.25) is 0 Å². The van der Waals surface area contributed by atoms with Gasteiger partial charge in [-0.05, 0) is 43.7 Å². The third kappa shape index (κ3) is 2.63. The summed E-state index contributed by atoms with van der Waals surface area (Å²) in [7, 11) is 0. The van der Waals surface area contributed by atoms with Gasteiger partial charge in [-0.25, -0.2) is 4.98 Å². The van der Waals surface area contributed by atoms with E-state index in [2.05, 4.69) is 16.9 Å². The average molecular weight is 391 g/mol. The Morgan fingerprint density at radius 1 is 1.36 bits per heavy atom. The summed E-state index contributed by atoms with van der Waals surface area (Å²) >= 11 is 1.63. The molecule has 0 bridgehead atoms. The Labute approximate surface area is 166 Å². The first-order valence-electron chi connectivity index (χ1n) is 9.63. The molecule has 3 heterocycles. The molecular formula is C22H21N3O2S. The number of benzene rings is 1.